The van der Waals surface area contributed by atoms with Gasteiger partial charge in [0.2, 0.25) is 0 Å². The van der Waals surface area contributed by atoms with E-state index >= 15 is 0 Å². The molecule has 0 aliphatic carbocycles. The number of hydrogen-bond donors (Lipinski definition) is 2. The van der Waals surface area contributed by atoms with Gasteiger partial charge in [-0.05, 0) is 13.0 Å². The Kier molecular flexibility index (Phi) is 1.23. The molecule has 0 saturated heterocycles. The van der Waals surface area contributed by atoms with Crippen molar-refractivity contribution in [2.45, 2.75) is 13.2 Å². The third-order valence-electron chi connectivity index (χ3n) is 1.25. The number of allylic oxidation sites excluding steroid dienone is 1. The topological polar surface area (TPSA) is 35.5 Å². The largest absolute Gasteiger partial charge is 0.373 e. The van der Waals surface area contributed by atoms with Crippen LogP contribution < -0.4 is 5.43 Å². The lowest BCUT2D eigenvalue weighted by Gasteiger charge is -2.12. The maximum absolute atomic E-state index is 8.84. The highest BCUT2D eigenvalue weighted by molar-refractivity contribution is 5.03. The number of rotatable bonds is 0. The Balaban J connectivity index is 2.59. The summed E-state index contributed by atoms with van der Waals surface area (Å²) in [6.07, 6.45) is 1.26. The Bertz CT molecular complexity index is 122. The van der Waals surface area contributed by atoms with Crippen molar-refractivity contribution >= 4 is 0 Å². The summed E-state index contributed by atoms with van der Waals surface area (Å²) in [7, 11) is 1.86. The van der Waals surface area contributed by atoms with E-state index in [0.717, 1.165) is 5.70 Å². The van der Waals surface area contributed by atoms with Crippen LogP contribution in [0, 0.1) is 0 Å². The second-order valence-electron chi connectivity index (χ2n) is 1.94. The van der Waals surface area contributed by atoms with E-state index in [4.69, 9.17) is 5.11 Å². The first-order valence-corrected chi connectivity index (χ1v) is 2.56. The second kappa shape index (κ2) is 1.76. The predicted octanol–water partition coefficient (Wildman–Crippen LogP) is -0.341. The van der Waals surface area contributed by atoms with Crippen molar-refractivity contribution in [2.24, 2.45) is 0 Å². The molecule has 3 heteroatoms. The Labute approximate surface area is 48.6 Å². The van der Waals surface area contributed by atoms with Crippen LogP contribution in [0.1, 0.15) is 6.92 Å². The maximum atomic E-state index is 8.84. The average Bonchev–Trinajstić information content (AvgIpc) is 1.85. The smallest absolute Gasteiger partial charge is 0.142 e. The lowest BCUT2D eigenvalue weighted by Crippen LogP contribution is -2.33. The molecule has 0 aromatic rings. The summed E-state index contributed by atoms with van der Waals surface area (Å²) in [6, 6.07) is 0. The van der Waals surface area contributed by atoms with Crippen molar-refractivity contribution in [2.75, 3.05) is 7.05 Å². The molecule has 0 amide bonds. The maximum Gasteiger partial charge on any atom is 0.142 e. The van der Waals surface area contributed by atoms with Crippen molar-refractivity contribution in [3.8, 4) is 0 Å². The molecule has 1 heterocycles. The molecule has 1 aliphatic heterocycles. The second-order valence-corrected chi connectivity index (χ2v) is 1.94. The number of nitrogens with one attached hydrogen (secondary N) is 1. The van der Waals surface area contributed by atoms with Gasteiger partial charge in [0.25, 0.3) is 0 Å². The van der Waals surface area contributed by atoms with Gasteiger partial charge in [0.15, 0.2) is 0 Å². The molecule has 0 spiro atoms. The quantitative estimate of drug-likeness (QED) is 0.452. The Morgan fingerprint density at radius 3 is 2.62 bits per heavy atom. The fraction of sp³-hybridized carbons (Fsp3) is 0.600. The molecular weight excluding hydrogens is 104 g/mol. The van der Waals surface area contributed by atoms with Gasteiger partial charge < -0.3 is 10.1 Å². The minimum Gasteiger partial charge on any atom is -0.373 e. The molecule has 0 aromatic heterocycles. The van der Waals surface area contributed by atoms with Gasteiger partial charge in [0, 0.05) is 12.7 Å². The highest BCUT2D eigenvalue weighted by Gasteiger charge is 2.11. The summed E-state index contributed by atoms with van der Waals surface area (Å²) < 4.78 is 0. The van der Waals surface area contributed by atoms with Crippen LogP contribution in [0.5, 0.6) is 0 Å². The minimum absolute atomic E-state index is 0.486. The van der Waals surface area contributed by atoms with Gasteiger partial charge in [-0.1, -0.05) is 0 Å². The SMILES string of the molecule is CC1=CC(O)NN1C. The van der Waals surface area contributed by atoms with Gasteiger partial charge >= 0.3 is 0 Å². The van der Waals surface area contributed by atoms with Gasteiger partial charge in [0.1, 0.15) is 6.23 Å². The molecule has 0 bridgehead atoms. The van der Waals surface area contributed by atoms with Crippen molar-refractivity contribution in [1.29, 1.82) is 0 Å². The van der Waals surface area contributed by atoms with Gasteiger partial charge in [-0.15, -0.1) is 0 Å². The van der Waals surface area contributed by atoms with E-state index in [0.29, 0.717) is 0 Å². The summed E-state index contributed by atoms with van der Waals surface area (Å²) >= 11 is 0. The van der Waals surface area contributed by atoms with Crippen molar-refractivity contribution in [3.05, 3.63) is 11.8 Å². The van der Waals surface area contributed by atoms with Crippen LogP contribution in [0.25, 0.3) is 0 Å². The first kappa shape index (κ1) is 5.59. The van der Waals surface area contributed by atoms with Crippen LogP contribution in [0.2, 0.25) is 0 Å². The molecule has 46 valence electrons. The first-order valence-electron chi connectivity index (χ1n) is 2.56. The molecule has 1 unspecified atom stereocenters. The average molecular weight is 114 g/mol. The molecule has 2 N–H and O–H groups in total. The van der Waals surface area contributed by atoms with Crippen LogP contribution >= 0.6 is 0 Å². The van der Waals surface area contributed by atoms with E-state index in [9.17, 15) is 0 Å². The highest BCUT2D eigenvalue weighted by Crippen LogP contribution is 2.04. The first-order chi connectivity index (χ1) is 3.70. The molecule has 0 fully saturated rings. The van der Waals surface area contributed by atoms with E-state index in [1.54, 1.807) is 11.1 Å². The molecule has 1 atom stereocenters. The zero-order chi connectivity index (χ0) is 6.15. The highest BCUT2D eigenvalue weighted by atomic mass is 16.3. The lowest BCUT2D eigenvalue weighted by molar-refractivity contribution is 0.131. The number of aliphatic hydroxyl groups is 1. The number of nitrogens with zero attached hydrogens (tertiary/aromatic N) is 1. The monoisotopic (exact) mass is 114 g/mol. The van der Waals surface area contributed by atoms with E-state index in [1.807, 2.05) is 14.0 Å². The fourth-order valence-electron chi connectivity index (χ4n) is 0.678. The number of hydrogen-bond acceptors (Lipinski definition) is 3. The molecule has 1 rings (SSSR count). The zero-order valence-corrected chi connectivity index (χ0v) is 5.05. The lowest BCUT2D eigenvalue weighted by atomic mass is 10.4. The third kappa shape index (κ3) is 0.827. The zero-order valence-electron chi connectivity index (χ0n) is 5.05. The fourth-order valence-corrected chi connectivity index (χ4v) is 0.678. The Morgan fingerprint density at radius 2 is 2.50 bits per heavy atom. The van der Waals surface area contributed by atoms with E-state index in [1.165, 1.54) is 0 Å². The summed E-state index contributed by atoms with van der Waals surface area (Å²) in [5.74, 6) is 0. The standard InChI is InChI=1S/C5H10N2O/c1-4-3-5(8)6-7(4)2/h3,5-6,8H,1-2H3. The van der Waals surface area contributed by atoms with E-state index in [-0.39, 0.29) is 0 Å². The molecule has 0 radical (unpaired) electrons. The van der Waals surface area contributed by atoms with Gasteiger partial charge in [-0.25, -0.2) is 5.43 Å². The minimum atomic E-state index is -0.486. The van der Waals surface area contributed by atoms with Gasteiger partial charge in [-0.2, -0.15) is 0 Å². The van der Waals surface area contributed by atoms with Crippen molar-refractivity contribution < 1.29 is 5.11 Å². The van der Waals surface area contributed by atoms with Crippen LogP contribution in [0.3, 0.4) is 0 Å². The van der Waals surface area contributed by atoms with Crippen LogP contribution in [0.4, 0.5) is 0 Å². The number of hydrazine groups is 1. The van der Waals surface area contributed by atoms with E-state index < -0.39 is 6.23 Å². The summed E-state index contributed by atoms with van der Waals surface area (Å²) in [4.78, 5) is 0. The summed E-state index contributed by atoms with van der Waals surface area (Å²) in [5, 5.41) is 10.6. The third-order valence-corrected chi connectivity index (χ3v) is 1.25. The Morgan fingerprint density at radius 1 is 1.88 bits per heavy atom. The van der Waals surface area contributed by atoms with Crippen LogP contribution in [-0.4, -0.2) is 23.4 Å². The molecular formula is C5H10N2O. The molecule has 0 saturated carbocycles. The molecule has 8 heavy (non-hydrogen) atoms. The Hall–Kier alpha value is -0.540. The van der Waals surface area contributed by atoms with Crippen molar-refractivity contribution in [1.82, 2.24) is 10.4 Å². The predicted molar refractivity (Wildman–Crippen MR) is 30.7 cm³/mol. The van der Waals surface area contributed by atoms with E-state index in [2.05, 4.69) is 5.43 Å². The molecule has 1 aliphatic rings. The van der Waals surface area contributed by atoms with Gasteiger partial charge in [-0.3, -0.25) is 0 Å². The normalized spacial score (nSPS) is 28.6. The van der Waals surface area contributed by atoms with Gasteiger partial charge in [0.05, 0.1) is 0 Å². The van der Waals surface area contributed by atoms with Crippen LogP contribution in [0.15, 0.2) is 11.8 Å². The van der Waals surface area contributed by atoms with Crippen molar-refractivity contribution in [3.63, 3.8) is 0 Å². The summed E-state index contributed by atoms with van der Waals surface area (Å²) in [6.45, 7) is 1.93. The summed E-state index contributed by atoms with van der Waals surface area (Å²) in [5.41, 5.74) is 3.82. The number of aliphatic hydroxyl groups excluding tert-OH is 1. The molecule has 0 aromatic carbocycles. The van der Waals surface area contributed by atoms with Crippen LogP contribution in [-0.2, 0) is 0 Å². The molecule has 3 nitrogen and oxygen atoms in total.